The van der Waals surface area contributed by atoms with Gasteiger partial charge in [0.25, 0.3) is 0 Å². The summed E-state index contributed by atoms with van der Waals surface area (Å²) in [5.41, 5.74) is 0.123. The highest BCUT2D eigenvalue weighted by atomic mass is 35.5. The van der Waals surface area contributed by atoms with Crippen LogP contribution in [0.5, 0.6) is 0 Å². The van der Waals surface area contributed by atoms with Crippen LogP contribution in [0, 0.1) is 11.3 Å². The number of benzene rings is 1. The number of rotatable bonds is 4. The van der Waals surface area contributed by atoms with Crippen LogP contribution in [0.25, 0.3) is 0 Å². The molecule has 3 fully saturated rings. The molecule has 7 nitrogen and oxygen atoms in total. The second kappa shape index (κ2) is 10.1. The van der Waals surface area contributed by atoms with Crippen LogP contribution in [-0.2, 0) is 14.3 Å². The van der Waals surface area contributed by atoms with Gasteiger partial charge < -0.3 is 19.4 Å². The van der Waals surface area contributed by atoms with Crippen molar-refractivity contribution in [2.24, 2.45) is 11.3 Å². The van der Waals surface area contributed by atoms with Crippen LogP contribution in [0.1, 0.15) is 64.9 Å². The van der Waals surface area contributed by atoms with Crippen LogP contribution in [0.15, 0.2) is 18.2 Å². The number of hydrogen-bond acceptors (Lipinski definition) is 4. The van der Waals surface area contributed by atoms with Crippen molar-refractivity contribution in [3.63, 3.8) is 0 Å². The molecule has 1 saturated carbocycles. The van der Waals surface area contributed by atoms with Crippen LogP contribution in [0.4, 0.5) is 4.79 Å². The number of likely N-dealkylation sites (N-methyl/N-ethyl adjacent to an activating group) is 1. The number of nitrogens with zero attached hydrogens (tertiary/aromatic N) is 3. The maximum atomic E-state index is 13.6. The first-order valence-electron chi connectivity index (χ1n) is 12.8. The lowest BCUT2D eigenvalue weighted by molar-refractivity contribution is -0.142. The van der Waals surface area contributed by atoms with E-state index >= 15 is 0 Å². The average Bonchev–Trinajstić information content (AvgIpc) is 3.42. The second-order valence-electron chi connectivity index (χ2n) is 11.8. The minimum atomic E-state index is -0.624. The fourth-order valence-corrected chi connectivity index (χ4v) is 5.58. The maximum absolute atomic E-state index is 13.6. The summed E-state index contributed by atoms with van der Waals surface area (Å²) in [6.07, 6.45) is 2.83. The first-order valence-corrected chi connectivity index (χ1v) is 13.5. The van der Waals surface area contributed by atoms with E-state index in [9.17, 15) is 14.4 Å². The summed E-state index contributed by atoms with van der Waals surface area (Å²) in [6.45, 7) is 9.66. The lowest BCUT2D eigenvalue weighted by Gasteiger charge is -2.34. The zero-order valence-electron chi connectivity index (χ0n) is 21.9. The molecule has 1 aliphatic carbocycles. The SMILES string of the molecule is CN(C(=O)OC(C)(C)C)C1CN(C(=O)C2CCN(C(=O)C3(C)CC3)CC2)C[C@@H]1c1ccc(Cl)c(Cl)c1. The molecule has 1 unspecified atom stereocenters. The van der Waals surface area contributed by atoms with Crippen molar-refractivity contribution >= 4 is 41.1 Å². The molecule has 1 aromatic rings. The number of ether oxygens (including phenoxy) is 1. The van der Waals surface area contributed by atoms with E-state index in [0.29, 0.717) is 49.1 Å². The van der Waals surface area contributed by atoms with Gasteiger partial charge in [0, 0.05) is 50.5 Å². The van der Waals surface area contributed by atoms with E-state index in [1.807, 2.05) is 49.6 Å². The van der Waals surface area contributed by atoms with Gasteiger partial charge in [-0.3, -0.25) is 9.59 Å². The first-order chi connectivity index (χ1) is 16.8. The molecule has 0 N–H and O–H groups in total. The Bertz CT molecular complexity index is 1030. The lowest BCUT2D eigenvalue weighted by atomic mass is 9.93. The van der Waals surface area contributed by atoms with Gasteiger partial charge in [-0.25, -0.2) is 4.79 Å². The second-order valence-corrected chi connectivity index (χ2v) is 12.6. The number of amides is 3. The van der Waals surface area contributed by atoms with Crippen molar-refractivity contribution in [3.8, 4) is 0 Å². The molecule has 0 bridgehead atoms. The number of carbonyl (C=O) groups is 3. The highest BCUT2D eigenvalue weighted by Crippen LogP contribution is 2.47. The summed E-state index contributed by atoms with van der Waals surface area (Å²) < 4.78 is 5.62. The summed E-state index contributed by atoms with van der Waals surface area (Å²) in [6, 6.07) is 5.21. The fourth-order valence-electron chi connectivity index (χ4n) is 5.27. The molecule has 198 valence electrons. The van der Waals surface area contributed by atoms with Crippen molar-refractivity contribution in [2.45, 2.75) is 70.9 Å². The van der Waals surface area contributed by atoms with Gasteiger partial charge >= 0.3 is 6.09 Å². The summed E-state index contributed by atoms with van der Waals surface area (Å²) in [5.74, 6) is 0.0667. The number of likely N-dealkylation sites (tertiary alicyclic amines) is 2. The smallest absolute Gasteiger partial charge is 0.410 e. The molecule has 0 spiro atoms. The molecule has 3 aliphatic rings. The van der Waals surface area contributed by atoms with Gasteiger partial charge in [-0.2, -0.15) is 0 Å². The molecule has 2 heterocycles. The minimum Gasteiger partial charge on any atom is -0.444 e. The molecule has 2 atom stereocenters. The zero-order chi connectivity index (χ0) is 26.4. The standard InChI is InChI=1S/C27H37Cl2N3O4/c1-26(2,3)36-25(35)30(5)22-16-32(15-19(22)18-6-7-20(28)21(29)14-18)23(33)17-8-12-31(13-9-17)24(34)27(4)10-11-27/h6-7,14,17,19,22H,8-13,15-16H2,1-5H3/t19-,22?/m1/s1. The summed E-state index contributed by atoms with van der Waals surface area (Å²) in [5, 5.41) is 0.906. The Balaban J connectivity index is 1.48. The third-order valence-corrected chi connectivity index (χ3v) is 8.54. The zero-order valence-corrected chi connectivity index (χ0v) is 23.4. The van der Waals surface area contributed by atoms with E-state index in [1.165, 1.54) is 0 Å². The molecule has 0 radical (unpaired) electrons. The summed E-state index contributed by atoms with van der Waals surface area (Å²) >= 11 is 12.5. The highest BCUT2D eigenvalue weighted by molar-refractivity contribution is 6.42. The van der Waals surface area contributed by atoms with Gasteiger partial charge in [-0.15, -0.1) is 0 Å². The van der Waals surface area contributed by atoms with Crippen LogP contribution in [-0.4, -0.2) is 77.5 Å². The average molecular weight is 539 g/mol. The van der Waals surface area contributed by atoms with Gasteiger partial charge in [0.2, 0.25) is 11.8 Å². The molecule has 4 rings (SSSR count). The van der Waals surface area contributed by atoms with Crippen LogP contribution in [0.2, 0.25) is 10.0 Å². The van der Waals surface area contributed by atoms with Crippen molar-refractivity contribution in [3.05, 3.63) is 33.8 Å². The number of carbonyl (C=O) groups excluding carboxylic acids is 3. The molecule has 3 amide bonds. The largest absolute Gasteiger partial charge is 0.444 e. The Kier molecular flexibility index (Phi) is 7.55. The van der Waals surface area contributed by atoms with Crippen LogP contribution in [0.3, 0.4) is 0 Å². The van der Waals surface area contributed by atoms with Crippen LogP contribution >= 0.6 is 23.2 Å². The number of piperidine rings is 1. The van der Waals surface area contributed by atoms with Crippen molar-refractivity contribution in [2.75, 3.05) is 33.2 Å². The molecule has 9 heteroatoms. The Morgan fingerprint density at radius 1 is 1.03 bits per heavy atom. The predicted octanol–water partition coefficient (Wildman–Crippen LogP) is 5.19. The Labute approximate surface area is 224 Å². The van der Waals surface area contributed by atoms with Gasteiger partial charge in [-0.1, -0.05) is 36.2 Å². The molecule has 2 saturated heterocycles. The van der Waals surface area contributed by atoms with Crippen molar-refractivity contribution in [1.82, 2.24) is 14.7 Å². The molecule has 1 aromatic carbocycles. The molecule has 36 heavy (non-hydrogen) atoms. The van der Waals surface area contributed by atoms with E-state index in [4.69, 9.17) is 27.9 Å². The van der Waals surface area contributed by atoms with E-state index in [-0.39, 0.29) is 35.1 Å². The van der Waals surface area contributed by atoms with E-state index in [2.05, 4.69) is 0 Å². The first kappa shape index (κ1) is 27.1. The van der Waals surface area contributed by atoms with Crippen molar-refractivity contribution in [1.29, 1.82) is 0 Å². The normalized spacial score (nSPS) is 24.0. The van der Waals surface area contributed by atoms with Gasteiger partial charge in [-0.05, 0) is 64.2 Å². The van der Waals surface area contributed by atoms with E-state index in [1.54, 1.807) is 18.0 Å². The molecular formula is C27H37Cl2N3O4. The number of hydrogen-bond donors (Lipinski definition) is 0. The summed E-state index contributed by atoms with van der Waals surface area (Å²) in [4.78, 5) is 44.6. The minimum absolute atomic E-state index is 0.0879. The summed E-state index contributed by atoms with van der Waals surface area (Å²) in [7, 11) is 1.72. The molecular weight excluding hydrogens is 501 g/mol. The third kappa shape index (κ3) is 5.77. The predicted molar refractivity (Wildman–Crippen MR) is 140 cm³/mol. The van der Waals surface area contributed by atoms with Gasteiger partial charge in [0.1, 0.15) is 5.60 Å². The maximum Gasteiger partial charge on any atom is 0.410 e. The van der Waals surface area contributed by atoms with Gasteiger partial charge in [0.15, 0.2) is 0 Å². The molecule has 2 aliphatic heterocycles. The Hall–Kier alpha value is -1.99. The highest BCUT2D eigenvalue weighted by Gasteiger charge is 2.48. The Morgan fingerprint density at radius 3 is 2.22 bits per heavy atom. The van der Waals surface area contributed by atoms with Crippen LogP contribution < -0.4 is 0 Å². The Morgan fingerprint density at radius 2 is 1.67 bits per heavy atom. The topological polar surface area (TPSA) is 70.2 Å². The van der Waals surface area contributed by atoms with Crippen molar-refractivity contribution < 1.29 is 19.1 Å². The van der Waals surface area contributed by atoms with Gasteiger partial charge in [0.05, 0.1) is 16.1 Å². The quantitative estimate of drug-likeness (QED) is 0.529. The molecule has 0 aromatic heterocycles. The van der Waals surface area contributed by atoms with E-state index in [0.717, 1.165) is 18.4 Å². The third-order valence-electron chi connectivity index (χ3n) is 7.80. The lowest BCUT2D eigenvalue weighted by Crippen LogP contribution is -2.47. The van der Waals surface area contributed by atoms with E-state index < -0.39 is 11.7 Å². The number of halogens is 2. The fraction of sp³-hybridized carbons (Fsp3) is 0.667. The monoisotopic (exact) mass is 537 g/mol.